The van der Waals surface area contributed by atoms with E-state index in [0.717, 1.165) is 19.4 Å². The van der Waals surface area contributed by atoms with E-state index >= 15 is 0 Å². The Bertz CT molecular complexity index is 573. The van der Waals surface area contributed by atoms with E-state index in [9.17, 15) is 9.59 Å². The minimum absolute atomic E-state index is 0.00202. The van der Waals surface area contributed by atoms with E-state index in [1.165, 1.54) is 0 Å². The lowest BCUT2D eigenvalue weighted by Gasteiger charge is -2.32. The summed E-state index contributed by atoms with van der Waals surface area (Å²) < 4.78 is 5.65. The SMILES string of the molecule is CCO[C@H]1CCCN(C(=O)c2ccc(C(=O)NC(C)(C)C)cc2)C1. The maximum Gasteiger partial charge on any atom is 0.253 e. The van der Waals surface area contributed by atoms with Crippen LogP contribution in [-0.2, 0) is 4.74 Å². The van der Waals surface area contributed by atoms with Crippen molar-refractivity contribution in [3.63, 3.8) is 0 Å². The van der Waals surface area contributed by atoms with Gasteiger partial charge in [-0.15, -0.1) is 0 Å². The summed E-state index contributed by atoms with van der Waals surface area (Å²) in [6, 6.07) is 6.87. The molecule has 1 fully saturated rings. The van der Waals surface area contributed by atoms with Gasteiger partial charge in [0.2, 0.25) is 0 Å². The van der Waals surface area contributed by atoms with Gasteiger partial charge in [0.15, 0.2) is 0 Å². The Hall–Kier alpha value is -1.88. The molecule has 1 aromatic carbocycles. The Morgan fingerprint density at radius 2 is 1.83 bits per heavy atom. The number of piperidine rings is 1. The largest absolute Gasteiger partial charge is 0.377 e. The van der Waals surface area contributed by atoms with Gasteiger partial charge >= 0.3 is 0 Å². The molecule has 0 bridgehead atoms. The van der Waals surface area contributed by atoms with Crippen LogP contribution in [0.15, 0.2) is 24.3 Å². The van der Waals surface area contributed by atoms with E-state index in [1.54, 1.807) is 24.3 Å². The zero-order valence-corrected chi connectivity index (χ0v) is 15.1. The summed E-state index contributed by atoms with van der Waals surface area (Å²) in [5.41, 5.74) is 0.889. The number of ether oxygens (including phenoxy) is 1. The van der Waals surface area contributed by atoms with Gasteiger partial charge in [-0.3, -0.25) is 9.59 Å². The second-order valence-corrected chi connectivity index (χ2v) is 7.25. The average molecular weight is 332 g/mol. The van der Waals surface area contributed by atoms with Gasteiger partial charge < -0.3 is 15.0 Å². The summed E-state index contributed by atoms with van der Waals surface area (Å²) in [6.07, 6.45) is 2.09. The Kier molecular flexibility index (Phi) is 5.99. The Balaban J connectivity index is 2.02. The number of nitrogens with zero attached hydrogens (tertiary/aromatic N) is 1. The van der Waals surface area contributed by atoms with Crippen molar-refractivity contribution < 1.29 is 14.3 Å². The molecule has 132 valence electrons. The van der Waals surface area contributed by atoms with Gasteiger partial charge in [0.05, 0.1) is 6.10 Å². The number of carbonyl (C=O) groups is 2. The van der Waals surface area contributed by atoms with E-state index in [2.05, 4.69) is 5.32 Å². The summed E-state index contributed by atoms with van der Waals surface area (Å²) in [7, 11) is 0. The molecule has 24 heavy (non-hydrogen) atoms. The molecule has 0 aliphatic carbocycles. The van der Waals surface area contributed by atoms with Crippen LogP contribution in [0, 0.1) is 0 Å². The van der Waals surface area contributed by atoms with E-state index in [-0.39, 0.29) is 23.5 Å². The standard InChI is InChI=1S/C19H28N2O3/c1-5-24-16-7-6-12-21(13-16)18(23)15-10-8-14(9-11-15)17(22)20-19(2,3)4/h8-11,16H,5-7,12-13H2,1-4H3,(H,20,22)/t16-/m0/s1. The van der Waals surface area contributed by atoms with Crippen LogP contribution in [-0.4, -0.2) is 48.1 Å². The highest BCUT2D eigenvalue weighted by Crippen LogP contribution is 2.17. The molecule has 1 heterocycles. The first kappa shape index (κ1) is 18.5. The number of hydrogen-bond donors (Lipinski definition) is 1. The number of benzene rings is 1. The molecule has 1 aromatic rings. The quantitative estimate of drug-likeness (QED) is 0.922. The third-order valence-corrected chi connectivity index (χ3v) is 3.95. The fourth-order valence-corrected chi connectivity index (χ4v) is 2.85. The lowest BCUT2D eigenvalue weighted by atomic mass is 10.0. The van der Waals surface area contributed by atoms with Crippen LogP contribution in [0.25, 0.3) is 0 Å². The molecule has 0 aromatic heterocycles. The third kappa shape index (κ3) is 5.06. The zero-order chi connectivity index (χ0) is 17.7. The summed E-state index contributed by atoms with van der Waals surface area (Å²) in [5.74, 6) is -0.127. The molecule has 1 saturated heterocycles. The van der Waals surface area contributed by atoms with Gasteiger partial charge in [-0.2, -0.15) is 0 Å². The van der Waals surface area contributed by atoms with Crippen molar-refractivity contribution in [1.82, 2.24) is 10.2 Å². The molecule has 0 unspecified atom stereocenters. The van der Waals surface area contributed by atoms with Crippen LogP contribution in [0.2, 0.25) is 0 Å². The maximum atomic E-state index is 12.6. The molecular formula is C19H28N2O3. The van der Waals surface area contributed by atoms with Gasteiger partial charge in [0, 0.05) is 36.4 Å². The molecule has 2 rings (SSSR count). The minimum Gasteiger partial charge on any atom is -0.377 e. The third-order valence-electron chi connectivity index (χ3n) is 3.95. The molecule has 1 aliphatic heterocycles. The molecule has 5 nitrogen and oxygen atoms in total. The summed E-state index contributed by atoms with van der Waals surface area (Å²) in [6.45, 7) is 9.86. The van der Waals surface area contributed by atoms with E-state index in [0.29, 0.717) is 24.3 Å². The summed E-state index contributed by atoms with van der Waals surface area (Å²) >= 11 is 0. The monoisotopic (exact) mass is 332 g/mol. The van der Waals surface area contributed by atoms with Gasteiger partial charge in [-0.05, 0) is 64.8 Å². The van der Waals surface area contributed by atoms with Crippen LogP contribution >= 0.6 is 0 Å². The molecule has 0 saturated carbocycles. The Labute approximate surface area is 144 Å². The molecule has 1 aliphatic rings. The van der Waals surface area contributed by atoms with Crippen LogP contribution in [0.5, 0.6) is 0 Å². The highest BCUT2D eigenvalue weighted by atomic mass is 16.5. The zero-order valence-electron chi connectivity index (χ0n) is 15.1. The smallest absolute Gasteiger partial charge is 0.253 e. The summed E-state index contributed by atoms with van der Waals surface area (Å²) in [5, 5.41) is 2.92. The molecule has 1 N–H and O–H groups in total. The lowest BCUT2D eigenvalue weighted by molar-refractivity contribution is 0.00724. The van der Waals surface area contributed by atoms with Crippen molar-refractivity contribution in [2.45, 2.75) is 52.2 Å². The topological polar surface area (TPSA) is 58.6 Å². The molecule has 0 spiro atoms. The predicted molar refractivity (Wildman–Crippen MR) is 94.2 cm³/mol. The van der Waals surface area contributed by atoms with Gasteiger partial charge in [0.1, 0.15) is 0 Å². The van der Waals surface area contributed by atoms with Crippen LogP contribution in [0.3, 0.4) is 0 Å². The summed E-state index contributed by atoms with van der Waals surface area (Å²) in [4.78, 5) is 26.6. The van der Waals surface area contributed by atoms with Crippen molar-refractivity contribution >= 4 is 11.8 Å². The van der Waals surface area contributed by atoms with Gasteiger partial charge in [0.25, 0.3) is 11.8 Å². The number of hydrogen-bond acceptors (Lipinski definition) is 3. The van der Waals surface area contributed by atoms with Crippen molar-refractivity contribution in [3.05, 3.63) is 35.4 Å². The van der Waals surface area contributed by atoms with E-state index < -0.39 is 0 Å². The van der Waals surface area contributed by atoms with Crippen molar-refractivity contribution in [2.75, 3.05) is 19.7 Å². The fourth-order valence-electron chi connectivity index (χ4n) is 2.85. The predicted octanol–water partition coefficient (Wildman–Crippen LogP) is 2.86. The normalized spacial score (nSPS) is 18.3. The minimum atomic E-state index is -0.284. The van der Waals surface area contributed by atoms with Crippen LogP contribution < -0.4 is 5.32 Å². The molecular weight excluding hydrogens is 304 g/mol. The van der Waals surface area contributed by atoms with E-state index in [4.69, 9.17) is 4.74 Å². The second kappa shape index (κ2) is 7.79. The maximum absolute atomic E-state index is 12.6. The first-order valence-corrected chi connectivity index (χ1v) is 8.63. The number of rotatable bonds is 4. The molecule has 0 radical (unpaired) electrons. The number of nitrogens with one attached hydrogen (secondary N) is 1. The number of carbonyl (C=O) groups excluding carboxylic acids is 2. The van der Waals surface area contributed by atoms with Crippen molar-refractivity contribution in [1.29, 1.82) is 0 Å². The van der Waals surface area contributed by atoms with Crippen LogP contribution in [0.1, 0.15) is 61.3 Å². The first-order valence-electron chi connectivity index (χ1n) is 8.63. The van der Waals surface area contributed by atoms with E-state index in [1.807, 2.05) is 32.6 Å². The van der Waals surface area contributed by atoms with Gasteiger partial charge in [-0.1, -0.05) is 0 Å². The van der Waals surface area contributed by atoms with Gasteiger partial charge in [-0.25, -0.2) is 0 Å². The fraction of sp³-hybridized carbons (Fsp3) is 0.579. The van der Waals surface area contributed by atoms with Crippen molar-refractivity contribution in [3.8, 4) is 0 Å². The molecule has 1 atom stereocenters. The highest BCUT2D eigenvalue weighted by Gasteiger charge is 2.25. The number of likely N-dealkylation sites (tertiary alicyclic amines) is 1. The Morgan fingerprint density at radius 3 is 2.42 bits per heavy atom. The Morgan fingerprint density at radius 1 is 1.21 bits per heavy atom. The van der Waals surface area contributed by atoms with Crippen LogP contribution in [0.4, 0.5) is 0 Å². The lowest BCUT2D eigenvalue weighted by Crippen LogP contribution is -2.43. The number of amides is 2. The average Bonchev–Trinajstić information content (AvgIpc) is 2.53. The second-order valence-electron chi connectivity index (χ2n) is 7.25. The van der Waals surface area contributed by atoms with Crippen molar-refractivity contribution in [2.24, 2.45) is 0 Å². The first-order chi connectivity index (χ1) is 11.3. The highest BCUT2D eigenvalue weighted by molar-refractivity contribution is 5.98. The molecule has 5 heteroatoms. The molecule has 2 amide bonds.